The van der Waals surface area contributed by atoms with Crippen LogP contribution in [0.4, 0.5) is 4.39 Å². The largest absolute Gasteiger partial charge is 0.493 e. The van der Waals surface area contributed by atoms with Crippen molar-refractivity contribution in [2.45, 2.75) is 13.5 Å². The summed E-state index contributed by atoms with van der Waals surface area (Å²) in [4.78, 5) is 7.72. The Morgan fingerprint density at radius 3 is 2.48 bits per heavy atom. The van der Waals surface area contributed by atoms with Crippen molar-refractivity contribution in [3.63, 3.8) is 0 Å². The van der Waals surface area contributed by atoms with Crippen LogP contribution in [-0.4, -0.2) is 24.2 Å². The fourth-order valence-corrected chi connectivity index (χ4v) is 3.46. The van der Waals surface area contributed by atoms with Crippen LogP contribution in [-0.2, 0) is 6.61 Å². The zero-order valence-corrected chi connectivity index (χ0v) is 18.5. The van der Waals surface area contributed by atoms with Crippen molar-refractivity contribution in [3.8, 4) is 23.3 Å². The van der Waals surface area contributed by atoms with E-state index in [1.807, 2.05) is 25.1 Å². The summed E-state index contributed by atoms with van der Waals surface area (Å²) in [6.07, 6.45) is 1.69. The average Bonchev–Trinajstić information content (AvgIpc) is 3.24. The van der Waals surface area contributed by atoms with Gasteiger partial charge in [-0.1, -0.05) is 24.3 Å². The molecule has 1 aromatic heterocycles. The van der Waals surface area contributed by atoms with Gasteiger partial charge in [0.1, 0.15) is 24.3 Å². The van der Waals surface area contributed by atoms with E-state index in [0.717, 1.165) is 16.6 Å². The first kappa shape index (κ1) is 21.9. The number of fused-ring (bicyclic) bond motifs is 1. The third-order valence-corrected chi connectivity index (χ3v) is 5.14. The fraction of sp³-hybridized carbons (Fsp3) is 0.154. The summed E-state index contributed by atoms with van der Waals surface area (Å²) in [5, 5.41) is 9.76. The predicted octanol–water partition coefficient (Wildman–Crippen LogP) is 5.67. The van der Waals surface area contributed by atoms with E-state index < -0.39 is 0 Å². The van der Waals surface area contributed by atoms with Crippen LogP contribution in [0.3, 0.4) is 0 Å². The van der Waals surface area contributed by atoms with Gasteiger partial charge in [0.15, 0.2) is 11.5 Å². The Labute approximate surface area is 190 Å². The fourth-order valence-electron chi connectivity index (χ4n) is 3.46. The molecule has 0 spiro atoms. The SMILES string of the molecule is COc1cc(C=C(C#N)c2nc3ccc(C)cc3[nH]2)cc(OC)c1OCc1ccccc1F. The van der Waals surface area contributed by atoms with Gasteiger partial charge in [-0.25, -0.2) is 9.37 Å². The topological polar surface area (TPSA) is 80.2 Å². The lowest BCUT2D eigenvalue weighted by Gasteiger charge is -2.15. The molecule has 4 rings (SSSR count). The average molecular weight is 443 g/mol. The molecule has 0 saturated heterocycles. The molecule has 0 aliphatic rings. The minimum atomic E-state index is -0.352. The highest BCUT2D eigenvalue weighted by Crippen LogP contribution is 2.40. The molecular weight excluding hydrogens is 421 g/mol. The third kappa shape index (κ3) is 4.65. The van der Waals surface area contributed by atoms with Gasteiger partial charge in [0, 0.05) is 5.56 Å². The van der Waals surface area contributed by atoms with Crippen LogP contribution >= 0.6 is 0 Å². The molecule has 33 heavy (non-hydrogen) atoms. The summed E-state index contributed by atoms with van der Waals surface area (Å²) >= 11 is 0. The van der Waals surface area contributed by atoms with Crippen molar-refractivity contribution in [3.05, 3.63) is 82.9 Å². The molecule has 0 amide bonds. The zero-order valence-electron chi connectivity index (χ0n) is 18.5. The lowest BCUT2D eigenvalue weighted by molar-refractivity contribution is 0.262. The Morgan fingerprint density at radius 2 is 1.82 bits per heavy atom. The number of nitrogens with one attached hydrogen (secondary N) is 1. The molecule has 0 radical (unpaired) electrons. The third-order valence-electron chi connectivity index (χ3n) is 5.14. The number of halogens is 1. The predicted molar refractivity (Wildman–Crippen MR) is 125 cm³/mol. The number of imidazole rings is 1. The molecule has 0 atom stereocenters. The van der Waals surface area contributed by atoms with Crippen LogP contribution in [0.15, 0.2) is 54.6 Å². The first-order chi connectivity index (χ1) is 16.0. The Morgan fingerprint density at radius 1 is 1.09 bits per heavy atom. The van der Waals surface area contributed by atoms with E-state index in [4.69, 9.17) is 14.2 Å². The molecule has 0 bridgehead atoms. The van der Waals surface area contributed by atoms with Crippen molar-refractivity contribution in [2.24, 2.45) is 0 Å². The van der Waals surface area contributed by atoms with Crippen LogP contribution < -0.4 is 14.2 Å². The van der Waals surface area contributed by atoms with Crippen LogP contribution in [0.5, 0.6) is 17.2 Å². The number of nitrogens with zero attached hydrogens (tertiary/aromatic N) is 2. The van der Waals surface area contributed by atoms with Crippen molar-refractivity contribution < 1.29 is 18.6 Å². The second-order valence-electron chi connectivity index (χ2n) is 7.41. The van der Waals surface area contributed by atoms with Gasteiger partial charge in [0.25, 0.3) is 0 Å². The van der Waals surface area contributed by atoms with Gasteiger partial charge in [0.05, 0.1) is 30.8 Å². The quantitative estimate of drug-likeness (QED) is 0.372. The van der Waals surface area contributed by atoms with Crippen LogP contribution in [0.1, 0.15) is 22.5 Å². The summed E-state index contributed by atoms with van der Waals surface area (Å²) < 4.78 is 30.8. The number of ether oxygens (including phenoxy) is 3. The molecule has 0 unspecified atom stereocenters. The number of hydrogen-bond donors (Lipinski definition) is 1. The van der Waals surface area contributed by atoms with Gasteiger partial charge in [-0.3, -0.25) is 0 Å². The number of benzene rings is 3. The number of H-pyrrole nitrogens is 1. The number of nitriles is 1. The molecule has 166 valence electrons. The molecule has 0 aliphatic carbocycles. The van der Waals surface area contributed by atoms with Gasteiger partial charge in [-0.2, -0.15) is 5.26 Å². The maximum atomic E-state index is 14.0. The molecule has 3 aromatic carbocycles. The summed E-state index contributed by atoms with van der Waals surface area (Å²) in [5.41, 5.74) is 4.17. The summed E-state index contributed by atoms with van der Waals surface area (Å²) in [6, 6.07) is 17.9. The van der Waals surface area contributed by atoms with E-state index in [-0.39, 0.29) is 12.4 Å². The zero-order chi connectivity index (χ0) is 23.4. The maximum Gasteiger partial charge on any atom is 0.203 e. The Bertz CT molecular complexity index is 1360. The molecule has 6 nitrogen and oxygen atoms in total. The molecule has 1 heterocycles. The maximum absolute atomic E-state index is 14.0. The minimum Gasteiger partial charge on any atom is -0.493 e. The van der Waals surface area contributed by atoms with E-state index in [9.17, 15) is 9.65 Å². The van der Waals surface area contributed by atoms with Crippen molar-refractivity contribution >= 4 is 22.7 Å². The van der Waals surface area contributed by atoms with Crippen molar-refractivity contribution in [2.75, 3.05) is 14.2 Å². The molecule has 4 aromatic rings. The number of methoxy groups -OCH3 is 2. The standard InChI is InChI=1S/C26H22FN3O3/c1-16-8-9-21-22(10-16)30-26(29-21)19(14-28)11-17-12-23(31-2)25(24(13-17)32-3)33-15-18-6-4-5-7-20(18)27/h4-13H,15H2,1-3H3,(H,29,30). The van der Waals surface area contributed by atoms with Gasteiger partial charge in [-0.15, -0.1) is 0 Å². The number of aryl methyl sites for hydroxylation is 1. The second kappa shape index (κ2) is 9.45. The van der Waals surface area contributed by atoms with E-state index >= 15 is 0 Å². The molecule has 0 fully saturated rings. The Hall–Kier alpha value is -4.31. The summed E-state index contributed by atoms with van der Waals surface area (Å²) in [7, 11) is 3.01. The smallest absolute Gasteiger partial charge is 0.203 e. The van der Waals surface area contributed by atoms with Crippen molar-refractivity contribution in [1.82, 2.24) is 9.97 Å². The highest BCUT2D eigenvalue weighted by molar-refractivity contribution is 5.91. The first-order valence-corrected chi connectivity index (χ1v) is 10.2. The Kier molecular flexibility index (Phi) is 6.27. The van der Waals surface area contributed by atoms with E-state index in [2.05, 4.69) is 16.0 Å². The number of allylic oxidation sites excluding steroid dienone is 1. The number of rotatable bonds is 7. The monoisotopic (exact) mass is 443 g/mol. The van der Waals surface area contributed by atoms with Gasteiger partial charge < -0.3 is 19.2 Å². The summed E-state index contributed by atoms with van der Waals surface area (Å²) in [6.45, 7) is 2.01. The molecule has 1 N–H and O–H groups in total. The second-order valence-corrected chi connectivity index (χ2v) is 7.41. The van der Waals surface area contributed by atoms with Crippen LogP contribution in [0.2, 0.25) is 0 Å². The van der Waals surface area contributed by atoms with E-state index in [1.54, 1.807) is 36.4 Å². The molecule has 0 aliphatic heterocycles. The highest BCUT2D eigenvalue weighted by atomic mass is 19.1. The van der Waals surface area contributed by atoms with Crippen molar-refractivity contribution in [1.29, 1.82) is 5.26 Å². The van der Waals surface area contributed by atoms with Gasteiger partial charge in [0.2, 0.25) is 5.75 Å². The first-order valence-electron chi connectivity index (χ1n) is 10.2. The Balaban J connectivity index is 1.69. The van der Waals surface area contributed by atoms with E-state index in [1.165, 1.54) is 20.3 Å². The normalized spacial score (nSPS) is 11.3. The number of hydrogen-bond acceptors (Lipinski definition) is 5. The molecular formula is C26H22FN3O3. The van der Waals surface area contributed by atoms with Gasteiger partial charge >= 0.3 is 0 Å². The van der Waals surface area contributed by atoms with Gasteiger partial charge in [-0.05, 0) is 54.5 Å². The lowest BCUT2D eigenvalue weighted by Crippen LogP contribution is -2.02. The van der Waals surface area contributed by atoms with E-state index in [0.29, 0.717) is 39.8 Å². The van der Waals surface area contributed by atoms with Crippen LogP contribution in [0, 0.1) is 24.1 Å². The molecule has 0 saturated carbocycles. The lowest BCUT2D eigenvalue weighted by atomic mass is 10.1. The molecule has 7 heteroatoms. The summed E-state index contributed by atoms with van der Waals surface area (Å²) in [5.74, 6) is 1.26. The number of aromatic amines is 1. The minimum absolute atomic E-state index is 0.0103. The van der Waals surface area contributed by atoms with Crippen LogP contribution in [0.25, 0.3) is 22.7 Å². The number of aromatic nitrogens is 2. The highest BCUT2D eigenvalue weighted by Gasteiger charge is 2.16.